The minimum atomic E-state index is -1.25. The second-order valence-electron chi connectivity index (χ2n) is 4.14. The number of ether oxygens (including phenoxy) is 1. The van der Waals surface area contributed by atoms with Gasteiger partial charge in [-0.1, -0.05) is 0 Å². The van der Waals surface area contributed by atoms with Crippen molar-refractivity contribution in [3.63, 3.8) is 0 Å². The number of nitrogens with zero attached hydrogens (tertiary/aromatic N) is 1. The number of aromatic carboxylic acids is 1. The molecule has 1 atom stereocenters. The molecule has 0 saturated carbocycles. The zero-order chi connectivity index (χ0) is 15.6. The Labute approximate surface area is 117 Å². The van der Waals surface area contributed by atoms with Crippen LogP contribution in [0.1, 0.15) is 29.3 Å². The smallest absolute Gasteiger partial charge is 0.371 e. The van der Waals surface area contributed by atoms with Crippen molar-refractivity contribution in [2.24, 2.45) is 0 Å². The fourth-order valence-electron chi connectivity index (χ4n) is 1.67. The number of carbonyl (C=O) groups is 1. The molecule has 1 unspecified atom stereocenters. The molecule has 0 spiro atoms. The first-order valence-corrected chi connectivity index (χ1v) is 5.82. The summed E-state index contributed by atoms with van der Waals surface area (Å²) in [5.41, 5.74) is -0.395. The van der Waals surface area contributed by atoms with Crippen LogP contribution in [0.3, 0.4) is 0 Å². The molecule has 1 aromatic heterocycles. The molecule has 8 heteroatoms. The van der Waals surface area contributed by atoms with E-state index in [1.54, 1.807) is 0 Å². The maximum atomic E-state index is 13.2. The zero-order valence-electron chi connectivity index (χ0n) is 10.8. The third kappa shape index (κ3) is 3.16. The summed E-state index contributed by atoms with van der Waals surface area (Å²) >= 11 is 0. The van der Waals surface area contributed by atoms with Gasteiger partial charge in [-0.2, -0.15) is 0 Å². The standard InChI is InChI=1S/C13H10FNO6/c1-7(10-4-5-11(21-10)13(16)17)20-12-6-8(14)2-3-9(12)15(18)19/h2-7H,1H3,(H,16,17). The molecular weight excluding hydrogens is 285 g/mol. The molecule has 1 heterocycles. The molecule has 0 amide bonds. The van der Waals surface area contributed by atoms with Crippen LogP contribution >= 0.6 is 0 Å². The highest BCUT2D eigenvalue weighted by atomic mass is 19.1. The number of carboxylic acids is 1. The Morgan fingerprint density at radius 3 is 2.71 bits per heavy atom. The van der Waals surface area contributed by atoms with Crippen molar-refractivity contribution in [1.29, 1.82) is 0 Å². The summed E-state index contributed by atoms with van der Waals surface area (Å²) in [5.74, 6) is -2.32. The molecule has 1 N–H and O–H groups in total. The second-order valence-corrected chi connectivity index (χ2v) is 4.14. The summed E-state index contributed by atoms with van der Waals surface area (Å²) in [6.07, 6.45) is -0.821. The minimum Gasteiger partial charge on any atom is -0.476 e. The van der Waals surface area contributed by atoms with Gasteiger partial charge in [0.05, 0.1) is 4.92 Å². The fourth-order valence-corrected chi connectivity index (χ4v) is 1.67. The number of halogens is 1. The molecule has 0 saturated heterocycles. The summed E-state index contributed by atoms with van der Waals surface area (Å²) in [5, 5.41) is 19.6. The first kappa shape index (κ1) is 14.5. The maximum absolute atomic E-state index is 13.2. The van der Waals surface area contributed by atoms with E-state index in [2.05, 4.69) is 0 Å². The van der Waals surface area contributed by atoms with Gasteiger partial charge in [0.15, 0.2) is 6.10 Å². The van der Waals surface area contributed by atoms with E-state index in [1.165, 1.54) is 19.1 Å². The van der Waals surface area contributed by atoms with Gasteiger partial charge in [-0.25, -0.2) is 9.18 Å². The number of benzene rings is 1. The van der Waals surface area contributed by atoms with Crippen LogP contribution in [0, 0.1) is 15.9 Å². The summed E-state index contributed by atoms with van der Waals surface area (Å²) in [7, 11) is 0. The van der Waals surface area contributed by atoms with Gasteiger partial charge in [0.2, 0.25) is 11.5 Å². The Balaban J connectivity index is 2.26. The lowest BCUT2D eigenvalue weighted by atomic mass is 10.2. The van der Waals surface area contributed by atoms with Crippen LogP contribution in [0.25, 0.3) is 0 Å². The zero-order valence-corrected chi connectivity index (χ0v) is 10.8. The first-order valence-electron chi connectivity index (χ1n) is 5.82. The topological polar surface area (TPSA) is 103 Å². The molecule has 0 aliphatic rings. The predicted molar refractivity (Wildman–Crippen MR) is 67.8 cm³/mol. The molecule has 0 bridgehead atoms. The van der Waals surface area contributed by atoms with E-state index in [4.69, 9.17) is 14.3 Å². The number of nitro benzene ring substituents is 1. The van der Waals surface area contributed by atoms with E-state index in [1.807, 2.05) is 0 Å². The molecule has 2 rings (SSSR count). The van der Waals surface area contributed by atoms with Gasteiger partial charge in [-0.15, -0.1) is 0 Å². The fraction of sp³-hybridized carbons (Fsp3) is 0.154. The highest BCUT2D eigenvalue weighted by Gasteiger charge is 2.21. The van der Waals surface area contributed by atoms with Crippen LogP contribution in [0.4, 0.5) is 10.1 Å². The van der Waals surface area contributed by atoms with Crippen LogP contribution in [0.5, 0.6) is 5.75 Å². The van der Waals surface area contributed by atoms with Crippen molar-refractivity contribution in [1.82, 2.24) is 0 Å². The van der Waals surface area contributed by atoms with Crippen molar-refractivity contribution >= 4 is 11.7 Å². The van der Waals surface area contributed by atoms with Gasteiger partial charge in [-0.3, -0.25) is 10.1 Å². The molecular formula is C13H10FNO6. The first-order chi connectivity index (χ1) is 9.88. The van der Waals surface area contributed by atoms with Crippen LogP contribution in [0.15, 0.2) is 34.7 Å². The average Bonchev–Trinajstić information content (AvgIpc) is 2.88. The Morgan fingerprint density at radius 2 is 2.14 bits per heavy atom. The second kappa shape index (κ2) is 5.61. The molecule has 0 aliphatic carbocycles. The van der Waals surface area contributed by atoms with Crippen LogP contribution in [0.2, 0.25) is 0 Å². The van der Waals surface area contributed by atoms with Gasteiger partial charge >= 0.3 is 11.7 Å². The monoisotopic (exact) mass is 295 g/mol. The van der Waals surface area contributed by atoms with Crippen LogP contribution < -0.4 is 4.74 Å². The lowest BCUT2D eigenvalue weighted by Gasteiger charge is -2.12. The van der Waals surface area contributed by atoms with E-state index in [-0.39, 0.29) is 17.3 Å². The molecule has 110 valence electrons. The Bertz CT molecular complexity index is 696. The quantitative estimate of drug-likeness (QED) is 0.671. The summed E-state index contributed by atoms with van der Waals surface area (Å²) in [4.78, 5) is 20.9. The van der Waals surface area contributed by atoms with Gasteiger partial charge < -0.3 is 14.3 Å². The molecule has 0 fully saturated rings. The lowest BCUT2D eigenvalue weighted by Crippen LogP contribution is -2.04. The number of furan rings is 1. The number of rotatable bonds is 5. The Morgan fingerprint density at radius 1 is 1.43 bits per heavy atom. The van der Waals surface area contributed by atoms with E-state index >= 15 is 0 Å². The molecule has 0 radical (unpaired) electrons. The number of hydrogen-bond acceptors (Lipinski definition) is 5. The summed E-state index contributed by atoms with van der Waals surface area (Å²) in [6, 6.07) is 5.43. The lowest BCUT2D eigenvalue weighted by molar-refractivity contribution is -0.386. The highest BCUT2D eigenvalue weighted by molar-refractivity contribution is 5.84. The normalized spacial score (nSPS) is 11.9. The number of carboxylic acid groups (broad SMARTS) is 1. The van der Waals surface area contributed by atoms with E-state index < -0.39 is 28.5 Å². The van der Waals surface area contributed by atoms with Crippen molar-refractivity contribution < 1.29 is 28.4 Å². The third-order valence-electron chi connectivity index (χ3n) is 2.66. The van der Waals surface area contributed by atoms with E-state index in [0.717, 1.165) is 18.2 Å². The Hall–Kier alpha value is -2.90. The SMILES string of the molecule is CC(Oc1cc(F)ccc1[N+](=O)[O-])c1ccc(C(=O)O)o1. The van der Waals surface area contributed by atoms with Crippen molar-refractivity contribution in [2.45, 2.75) is 13.0 Å². The average molecular weight is 295 g/mol. The molecule has 1 aromatic carbocycles. The van der Waals surface area contributed by atoms with Gasteiger partial charge in [0.1, 0.15) is 11.6 Å². The molecule has 21 heavy (non-hydrogen) atoms. The third-order valence-corrected chi connectivity index (χ3v) is 2.66. The summed E-state index contributed by atoms with van der Waals surface area (Å²) < 4.78 is 23.5. The van der Waals surface area contributed by atoms with Gasteiger partial charge in [0, 0.05) is 12.1 Å². The number of nitro groups is 1. The van der Waals surface area contributed by atoms with Crippen molar-refractivity contribution in [2.75, 3.05) is 0 Å². The molecule has 0 aliphatic heterocycles. The largest absolute Gasteiger partial charge is 0.476 e. The van der Waals surface area contributed by atoms with Crippen LogP contribution in [-0.4, -0.2) is 16.0 Å². The van der Waals surface area contributed by atoms with Crippen LogP contribution in [-0.2, 0) is 0 Å². The molecule has 2 aromatic rings. The minimum absolute atomic E-state index is 0.158. The summed E-state index contributed by atoms with van der Waals surface area (Å²) in [6.45, 7) is 1.50. The van der Waals surface area contributed by atoms with E-state index in [0.29, 0.717) is 0 Å². The van der Waals surface area contributed by atoms with Gasteiger partial charge in [0.25, 0.3) is 0 Å². The van der Waals surface area contributed by atoms with Crippen molar-refractivity contribution in [3.05, 3.63) is 57.8 Å². The molecule has 7 nitrogen and oxygen atoms in total. The number of hydrogen-bond donors (Lipinski definition) is 1. The van der Waals surface area contributed by atoms with Crippen molar-refractivity contribution in [3.8, 4) is 5.75 Å². The Kier molecular flexibility index (Phi) is 3.88. The highest BCUT2D eigenvalue weighted by Crippen LogP contribution is 2.32. The predicted octanol–water partition coefficient (Wildman–Crippen LogP) is 3.17. The van der Waals surface area contributed by atoms with Gasteiger partial charge in [-0.05, 0) is 25.1 Å². The maximum Gasteiger partial charge on any atom is 0.371 e. The van der Waals surface area contributed by atoms with E-state index in [9.17, 15) is 19.3 Å².